The second kappa shape index (κ2) is 10.1. The second-order valence-electron chi connectivity index (χ2n) is 5.95. The number of hydrogen-bond donors (Lipinski definition) is 2. The molecule has 0 bridgehead atoms. The third-order valence-corrected chi connectivity index (χ3v) is 3.74. The predicted molar refractivity (Wildman–Crippen MR) is 115 cm³/mol. The van der Waals surface area contributed by atoms with Gasteiger partial charge < -0.3 is 20.4 Å². The van der Waals surface area contributed by atoms with E-state index in [9.17, 15) is 13.2 Å². The van der Waals surface area contributed by atoms with Gasteiger partial charge in [0.2, 0.25) is 0 Å². The van der Waals surface area contributed by atoms with Crippen LogP contribution in [0.25, 0.3) is 0 Å². The molecule has 0 radical (unpaired) electrons. The van der Waals surface area contributed by atoms with Crippen molar-refractivity contribution in [3.05, 3.63) is 78.4 Å². The number of nitrogens with two attached hydrogens (primary N) is 1. The normalized spacial score (nSPS) is 11.6. The first-order valence-corrected chi connectivity index (χ1v) is 8.34. The average Bonchev–Trinajstić information content (AvgIpc) is 3.15. The highest BCUT2D eigenvalue weighted by molar-refractivity contribution is 14.0. The molecular weight excluding hydrogens is 498 g/mol. The Kier molecular flexibility index (Phi) is 7.88. The minimum atomic E-state index is -4.72. The van der Waals surface area contributed by atoms with Gasteiger partial charge in [-0.05, 0) is 35.4 Å². The summed E-state index contributed by atoms with van der Waals surface area (Å²) in [6, 6.07) is 13.2. The number of alkyl halides is 3. The molecule has 0 aliphatic rings. The fraction of sp³-hybridized carbons (Fsp3) is 0.158. The number of anilines is 1. The third-order valence-electron chi connectivity index (χ3n) is 3.74. The van der Waals surface area contributed by atoms with Gasteiger partial charge in [-0.15, -0.1) is 37.1 Å². The number of halogens is 4. The summed E-state index contributed by atoms with van der Waals surface area (Å²) < 4.78 is 42.2. The molecule has 154 valence electrons. The van der Waals surface area contributed by atoms with E-state index in [2.05, 4.69) is 20.0 Å². The fourth-order valence-corrected chi connectivity index (χ4v) is 2.44. The third kappa shape index (κ3) is 7.64. The lowest BCUT2D eigenvalue weighted by Crippen LogP contribution is -2.22. The number of aromatic nitrogens is 2. The van der Waals surface area contributed by atoms with Crippen LogP contribution in [-0.4, -0.2) is 21.9 Å². The van der Waals surface area contributed by atoms with Crippen molar-refractivity contribution in [2.45, 2.75) is 19.5 Å². The maximum absolute atomic E-state index is 12.2. The summed E-state index contributed by atoms with van der Waals surface area (Å²) in [5.74, 6) is -0.142. The Morgan fingerprint density at radius 1 is 1.07 bits per heavy atom. The van der Waals surface area contributed by atoms with Crippen molar-refractivity contribution in [3.8, 4) is 5.75 Å². The van der Waals surface area contributed by atoms with Gasteiger partial charge in [-0.2, -0.15) is 0 Å². The van der Waals surface area contributed by atoms with Gasteiger partial charge in [0.15, 0.2) is 5.96 Å². The van der Waals surface area contributed by atoms with Crippen LogP contribution in [0.3, 0.4) is 0 Å². The van der Waals surface area contributed by atoms with Crippen molar-refractivity contribution in [2.75, 3.05) is 5.32 Å². The topological polar surface area (TPSA) is 77.5 Å². The molecular formula is C19H19F3IN5O. The molecule has 0 aliphatic carbocycles. The first-order valence-electron chi connectivity index (χ1n) is 8.34. The quantitative estimate of drug-likeness (QED) is 0.289. The molecule has 0 aliphatic heterocycles. The van der Waals surface area contributed by atoms with Gasteiger partial charge in [-0.1, -0.05) is 24.3 Å². The highest BCUT2D eigenvalue weighted by atomic mass is 127. The maximum atomic E-state index is 12.2. The first-order chi connectivity index (χ1) is 13.4. The van der Waals surface area contributed by atoms with Gasteiger partial charge in [-0.3, -0.25) is 0 Å². The van der Waals surface area contributed by atoms with E-state index in [4.69, 9.17) is 5.73 Å². The molecule has 3 rings (SSSR count). The van der Waals surface area contributed by atoms with Gasteiger partial charge in [0.05, 0.1) is 12.9 Å². The number of hydrogen-bond acceptors (Lipinski definition) is 3. The molecule has 3 N–H and O–H groups in total. The number of imidazole rings is 1. The highest BCUT2D eigenvalue weighted by Gasteiger charge is 2.30. The largest absolute Gasteiger partial charge is 0.573 e. The van der Waals surface area contributed by atoms with Crippen LogP contribution in [-0.2, 0) is 13.1 Å². The Hall–Kier alpha value is -2.76. The molecule has 0 saturated heterocycles. The van der Waals surface area contributed by atoms with Crippen LogP contribution in [0.1, 0.15) is 11.1 Å². The Morgan fingerprint density at radius 3 is 2.31 bits per heavy atom. The predicted octanol–water partition coefficient (Wildman–Crippen LogP) is 4.37. The summed E-state index contributed by atoms with van der Waals surface area (Å²) in [6.45, 7) is 1.11. The van der Waals surface area contributed by atoms with E-state index in [1.807, 2.05) is 35.0 Å². The van der Waals surface area contributed by atoms with E-state index in [0.29, 0.717) is 12.2 Å². The summed E-state index contributed by atoms with van der Waals surface area (Å²) in [5.41, 5.74) is 8.45. The number of nitrogens with one attached hydrogen (secondary N) is 1. The molecule has 2 aromatic carbocycles. The molecule has 6 nitrogen and oxygen atoms in total. The van der Waals surface area contributed by atoms with Gasteiger partial charge >= 0.3 is 6.36 Å². The van der Waals surface area contributed by atoms with E-state index in [1.54, 1.807) is 12.5 Å². The van der Waals surface area contributed by atoms with Crippen LogP contribution in [0.5, 0.6) is 5.75 Å². The number of nitrogens with zero attached hydrogens (tertiary/aromatic N) is 3. The number of benzene rings is 2. The monoisotopic (exact) mass is 517 g/mol. The summed E-state index contributed by atoms with van der Waals surface area (Å²) in [5, 5.41) is 2.82. The van der Waals surface area contributed by atoms with Gasteiger partial charge in [0, 0.05) is 24.6 Å². The zero-order chi connectivity index (χ0) is 20.0. The molecule has 0 saturated carbocycles. The van der Waals surface area contributed by atoms with Gasteiger partial charge in [-0.25, -0.2) is 9.98 Å². The molecule has 1 heterocycles. The van der Waals surface area contributed by atoms with Crippen LogP contribution < -0.4 is 15.8 Å². The van der Waals surface area contributed by atoms with E-state index >= 15 is 0 Å². The molecule has 0 fully saturated rings. The minimum Gasteiger partial charge on any atom is -0.406 e. The Labute approximate surface area is 182 Å². The van der Waals surface area contributed by atoms with E-state index in [1.165, 1.54) is 24.3 Å². The zero-order valence-corrected chi connectivity index (χ0v) is 17.5. The fourth-order valence-electron chi connectivity index (χ4n) is 2.44. The number of aliphatic imine (C=N–C) groups is 1. The van der Waals surface area contributed by atoms with Crippen molar-refractivity contribution in [1.29, 1.82) is 0 Å². The van der Waals surface area contributed by atoms with Crippen molar-refractivity contribution >= 4 is 35.6 Å². The molecule has 29 heavy (non-hydrogen) atoms. The Bertz CT molecular complexity index is 911. The van der Waals surface area contributed by atoms with Crippen molar-refractivity contribution in [1.82, 2.24) is 9.55 Å². The van der Waals surface area contributed by atoms with Crippen molar-refractivity contribution < 1.29 is 17.9 Å². The van der Waals surface area contributed by atoms with Crippen LogP contribution in [0.2, 0.25) is 0 Å². The lowest BCUT2D eigenvalue weighted by Gasteiger charge is -2.10. The lowest BCUT2D eigenvalue weighted by atomic mass is 10.1. The lowest BCUT2D eigenvalue weighted by molar-refractivity contribution is -0.274. The molecule has 0 atom stereocenters. The minimum absolute atomic E-state index is 0. The van der Waals surface area contributed by atoms with E-state index in [-0.39, 0.29) is 35.7 Å². The Balaban J connectivity index is 0.00000300. The maximum Gasteiger partial charge on any atom is 0.573 e. The SMILES string of the molecule is I.NC(=NCc1ccc(Cn2ccnc2)cc1)Nc1ccc(OC(F)(F)F)cc1. The van der Waals surface area contributed by atoms with Crippen molar-refractivity contribution in [2.24, 2.45) is 10.7 Å². The average molecular weight is 517 g/mol. The molecule has 10 heteroatoms. The first kappa shape index (κ1) is 22.5. The number of rotatable bonds is 6. The molecule has 3 aromatic rings. The summed E-state index contributed by atoms with van der Waals surface area (Å²) in [7, 11) is 0. The standard InChI is InChI=1S/C19H18F3N5O.HI/c20-19(21,22)28-17-7-5-16(6-8-17)26-18(23)25-11-14-1-3-15(4-2-14)12-27-10-9-24-13-27;/h1-10,13H,11-12H2,(H3,23,25,26);1H. The highest BCUT2D eigenvalue weighted by Crippen LogP contribution is 2.23. The summed E-state index contributed by atoms with van der Waals surface area (Å²) in [6.07, 6.45) is 0.665. The van der Waals surface area contributed by atoms with Gasteiger partial charge in [0.1, 0.15) is 5.75 Å². The molecule has 0 spiro atoms. The summed E-state index contributed by atoms with van der Waals surface area (Å²) in [4.78, 5) is 8.24. The van der Waals surface area contributed by atoms with Crippen LogP contribution in [0.4, 0.5) is 18.9 Å². The second-order valence-corrected chi connectivity index (χ2v) is 5.95. The summed E-state index contributed by atoms with van der Waals surface area (Å²) >= 11 is 0. The van der Waals surface area contributed by atoms with Crippen LogP contribution >= 0.6 is 24.0 Å². The Morgan fingerprint density at radius 2 is 1.72 bits per heavy atom. The number of ether oxygens (including phenoxy) is 1. The van der Waals surface area contributed by atoms with E-state index < -0.39 is 6.36 Å². The molecule has 0 unspecified atom stereocenters. The van der Waals surface area contributed by atoms with E-state index in [0.717, 1.165) is 17.7 Å². The smallest absolute Gasteiger partial charge is 0.406 e. The number of guanidine groups is 1. The molecule has 1 aromatic heterocycles. The van der Waals surface area contributed by atoms with Crippen molar-refractivity contribution in [3.63, 3.8) is 0 Å². The van der Waals surface area contributed by atoms with Crippen LogP contribution in [0, 0.1) is 0 Å². The van der Waals surface area contributed by atoms with Gasteiger partial charge in [0.25, 0.3) is 0 Å². The van der Waals surface area contributed by atoms with Crippen LogP contribution in [0.15, 0.2) is 72.2 Å². The molecule has 0 amide bonds. The zero-order valence-electron chi connectivity index (χ0n) is 15.1.